The largest absolute Gasteiger partial charge is 0.411 e. The first-order valence-corrected chi connectivity index (χ1v) is 7.60. The van der Waals surface area contributed by atoms with E-state index in [0.717, 1.165) is 12.1 Å². The van der Waals surface area contributed by atoms with Gasteiger partial charge in [-0.2, -0.15) is 13.2 Å². The van der Waals surface area contributed by atoms with Gasteiger partial charge in [-0.05, 0) is 34.1 Å². The Morgan fingerprint density at radius 3 is 2.48 bits per heavy atom. The molecule has 0 saturated heterocycles. The Balaban J connectivity index is 2.65. The van der Waals surface area contributed by atoms with Gasteiger partial charge in [0, 0.05) is 4.47 Å². The fourth-order valence-corrected chi connectivity index (χ4v) is 2.39. The molecule has 118 valence electrons. The van der Waals surface area contributed by atoms with Crippen LogP contribution >= 0.6 is 15.9 Å². The van der Waals surface area contributed by atoms with Crippen LogP contribution in [0.4, 0.5) is 18.9 Å². The number of rotatable bonds is 5. The molecule has 1 amide bonds. The second kappa shape index (κ2) is 6.73. The number of hydrogen-bond acceptors (Lipinski definition) is 4. The van der Waals surface area contributed by atoms with E-state index in [2.05, 4.69) is 26.0 Å². The highest BCUT2D eigenvalue weighted by molar-refractivity contribution is 9.10. The highest BCUT2D eigenvalue weighted by Crippen LogP contribution is 2.25. The van der Waals surface area contributed by atoms with Crippen molar-refractivity contribution in [3.63, 3.8) is 0 Å². The summed E-state index contributed by atoms with van der Waals surface area (Å²) in [5, 5.41) is 7.18. The van der Waals surface area contributed by atoms with Gasteiger partial charge in [-0.15, -0.1) is 0 Å². The lowest BCUT2D eigenvalue weighted by Crippen LogP contribution is -2.24. The van der Waals surface area contributed by atoms with Crippen molar-refractivity contribution >= 4 is 37.5 Å². The zero-order chi connectivity index (χ0) is 16.3. The van der Waals surface area contributed by atoms with Crippen molar-refractivity contribution in [2.45, 2.75) is 11.1 Å². The van der Waals surface area contributed by atoms with Crippen molar-refractivity contribution in [1.29, 1.82) is 0 Å². The summed E-state index contributed by atoms with van der Waals surface area (Å²) in [5.74, 6) is -0.816. The molecular formula is C10H10BrF3N2O4S. The lowest BCUT2D eigenvalue weighted by molar-refractivity contribution is -0.174. The number of benzene rings is 1. The van der Waals surface area contributed by atoms with Crippen LogP contribution < -0.4 is 10.5 Å². The summed E-state index contributed by atoms with van der Waals surface area (Å²) < 4.78 is 62.0. The van der Waals surface area contributed by atoms with Crippen LogP contribution in [0.2, 0.25) is 0 Å². The molecule has 0 spiro atoms. The number of sulfonamides is 1. The van der Waals surface area contributed by atoms with Crippen molar-refractivity contribution in [1.82, 2.24) is 0 Å². The van der Waals surface area contributed by atoms with Gasteiger partial charge < -0.3 is 10.1 Å². The van der Waals surface area contributed by atoms with E-state index in [0.29, 0.717) is 0 Å². The van der Waals surface area contributed by atoms with Crippen LogP contribution in [-0.4, -0.2) is 33.7 Å². The Labute approximate surface area is 126 Å². The summed E-state index contributed by atoms with van der Waals surface area (Å²) in [7, 11) is -3.89. The molecule has 0 aliphatic rings. The summed E-state index contributed by atoms with van der Waals surface area (Å²) in [4.78, 5) is 11.2. The number of nitrogens with one attached hydrogen (secondary N) is 1. The van der Waals surface area contributed by atoms with E-state index in [-0.39, 0.29) is 15.1 Å². The highest BCUT2D eigenvalue weighted by Gasteiger charge is 2.27. The molecule has 1 aromatic carbocycles. The van der Waals surface area contributed by atoms with Gasteiger partial charge in [0.2, 0.25) is 15.9 Å². The Morgan fingerprint density at radius 2 is 2.00 bits per heavy atom. The van der Waals surface area contributed by atoms with Crippen molar-refractivity contribution < 1.29 is 31.1 Å². The molecule has 6 nitrogen and oxygen atoms in total. The normalized spacial score (nSPS) is 12.2. The first-order chi connectivity index (χ1) is 9.49. The van der Waals surface area contributed by atoms with E-state index in [1.165, 1.54) is 6.07 Å². The number of primary sulfonamides is 1. The third-order valence-corrected chi connectivity index (χ3v) is 3.61. The molecule has 1 aromatic rings. The maximum absolute atomic E-state index is 11.8. The smallest absolute Gasteiger partial charge is 0.362 e. The Bertz CT molecular complexity index is 634. The maximum Gasteiger partial charge on any atom is 0.411 e. The lowest BCUT2D eigenvalue weighted by atomic mass is 10.3. The standard InChI is InChI=1S/C10H10BrF3N2O4S/c11-7-3-6(21(15,18)19)1-2-8(7)16-9(17)4-20-5-10(12,13)14/h1-3H,4-5H2,(H,16,17)(H2,15,18,19). The van der Waals surface area contributed by atoms with Crippen LogP contribution in [-0.2, 0) is 19.6 Å². The molecule has 11 heteroatoms. The first kappa shape index (κ1) is 17.9. The number of amides is 1. The Hall–Kier alpha value is -1.17. The van der Waals surface area contributed by atoms with Crippen molar-refractivity contribution in [3.05, 3.63) is 22.7 Å². The molecule has 0 aliphatic carbocycles. The van der Waals surface area contributed by atoms with Crippen molar-refractivity contribution in [2.24, 2.45) is 5.14 Å². The molecule has 1 rings (SSSR count). The van der Waals surface area contributed by atoms with Gasteiger partial charge in [-0.3, -0.25) is 4.79 Å². The third kappa shape index (κ3) is 6.42. The summed E-state index contributed by atoms with van der Waals surface area (Å²) in [6, 6.07) is 3.54. The molecule has 0 bridgehead atoms. The number of carbonyl (C=O) groups excluding carboxylic acids is 1. The third-order valence-electron chi connectivity index (χ3n) is 2.04. The van der Waals surface area contributed by atoms with Gasteiger partial charge in [-0.1, -0.05) is 0 Å². The fraction of sp³-hybridized carbons (Fsp3) is 0.300. The van der Waals surface area contributed by atoms with E-state index >= 15 is 0 Å². The SMILES string of the molecule is NS(=O)(=O)c1ccc(NC(=O)COCC(F)(F)F)c(Br)c1. The molecule has 0 radical (unpaired) electrons. The van der Waals surface area contributed by atoms with Gasteiger partial charge in [0.15, 0.2) is 0 Å². The van der Waals surface area contributed by atoms with Gasteiger partial charge in [0.05, 0.1) is 10.6 Å². The van der Waals surface area contributed by atoms with E-state index in [1.807, 2.05) is 0 Å². The lowest BCUT2D eigenvalue weighted by Gasteiger charge is -2.10. The second-order valence-corrected chi connectivity index (χ2v) is 6.26. The number of alkyl halides is 3. The summed E-state index contributed by atoms with van der Waals surface area (Å²) in [5.41, 5.74) is 0.169. The van der Waals surface area contributed by atoms with Crippen LogP contribution in [0.25, 0.3) is 0 Å². The van der Waals surface area contributed by atoms with Crippen LogP contribution in [0.15, 0.2) is 27.6 Å². The topological polar surface area (TPSA) is 98.5 Å². The molecule has 0 heterocycles. The number of ether oxygens (including phenoxy) is 1. The Morgan fingerprint density at radius 1 is 1.38 bits per heavy atom. The number of nitrogens with two attached hydrogens (primary N) is 1. The van der Waals surface area contributed by atoms with Gasteiger partial charge >= 0.3 is 6.18 Å². The number of hydrogen-bond donors (Lipinski definition) is 2. The van der Waals surface area contributed by atoms with E-state index in [1.54, 1.807) is 0 Å². The minimum Gasteiger partial charge on any atom is -0.362 e. The average molecular weight is 391 g/mol. The molecule has 3 N–H and O–H groups in total. The fourth-order valence-electron chi connectivity index (χ4n) is 1.22. The summed E-state index contributed by atoms with van der Waals surface area (Å²) >= 11 is 3.01. The molecule has 0 saturated carbocycles. The molecule has 0 aromatic heterocycles. The number of carbonyl (C=O) groups is 1. The molecule has 0 fully saturated rings. The van der Waals surface area contributed by atoms with Crippen LogP contribution in [0.3, 0.4) is 0 Å². The highest BCUT2D eigenvalue weighted by atomic mass is 79.9. The number of anilines is 1. The van der Waals surface area contributed by atoms with E-state index in [9.17, 15) is 26.4 Å². The molecule has 0 atom stereocenters. The van der Waals surface area contributed by atoms with Crippen molar-refractivity contribution in [2.75, 3.05) is 18.5 Å². The van der Waals surface area contributed by atoms with Crippen LogP contribution in [0.1, 0.15) is 0 Å². The molecule has 21 heavy (non-hydrogen) atoms. The molecule has 0 aliphatic heterocycles. The van der Waals surface area contributed by atoms with Crippen LogP contribution in [0, 0.1) is 0 Å². The van der Waals surface area contributed by atoms with Gasteiger partial charge in [-0.25, -0.2) is 13.6 Å². The minimum absolute atomic E-state index is 0.169. The molecule has 0 unspecified atom stereocenters. The predicted molar refractivity (Wildman–Crippen MR) is 71.0 cm³/mol. The predicted octanol–water partition coefficient (Wildman–Crippen LogP) is 1.61. The van der Waals surface area contributed by atoms with E-state index < -0.39 is 35.3 Å². The minimum atomic E-state index is -4.52. The Kier molecular flexibility index (Phi) is 5.73. The zero-order valence-corrected chi connectivity index (χ0v) is 12.7. The maximum atomic E-state index is 11.8. The van der Waals surface area contributed by atoms with Gasteiger partial charge in [0.1, 0.15) is 13.2 Å². The quantitative estimate of drug-likeness (QED) is 0.797. The van der Waals surface area contributed by atoms with Crippen molar-refractivity contribution in [3.8, 4) is 0 Å². The average Bonchev–Trinajstić information content (AvgIpc) is 2.28. The number of halogens is 4. The van der Waals surface area contributed by atoms with Gasteiger partial charge in [0.25, 0.3) is 0 Å². The molecular weight excluding hydrogens is 381 g/mol. The van der Waals surface area contributed by atoms with Crippen LogP contribution in [0.5, 0.6) is 0 Å². The first-order valence-electron chi connectivity index (χ1n) is 5.26. The second-order valence-electron chi connectivity index (χ2n) is 3.84. The summed E-state index contributed by atoms with van der Waals surface area (Å²) in [6.45, 7) is -2.32. The summed E-state index contributed by atoms with van der Waals surface area (Å²) in [6.07, 6.45) is -4.52. The zero-order valence-electron chi connectivity index (χ0n) is 10.3. The monoisotopic (exact) mass is 390 g/mol. The van der Waals surface area contributed by atoms with E-state index in [4.69, 9.17) is 5.14 Å².